The predicted molar refractivity (Wildman–Crippen MR) is 80.4 cm³/mol. The van der Waals surface area contributed by atoms with Crippen LogP contribution in [0.4, 0.5) is 11.7 Å². The molecule has 0 aliphatic carbocycles. The second-order valence-corrected chi connectivity index (χ2v) is 5.22. The van der Waals surface area contributed by atoms with Gasteiger partial charge in [0.2, 0.25) is 0 Å². The summed E-state index contributed by atoms with van der Waals surface area (Å²) in [6.07, 6.45) is 3.61. The van der Waals surface area contributed by atoms with Crippen molar-refractivity contribution in [3.05, 3.63) is 18.2 Å². The summed E-state index contributed by atoms with van der Waals surface area (Å²) in [5.41, 5.74) is 8.12. The lowest BCUT2D eigenvalue weighted by Gasteiger charge is -2.24. The summed E-state index contributed by atoms with van der Waals surface area (Å²) in [7, 11) is 0. The highest BCUT2D eigenvalue weighted by Crippen LogP contribution is 2.25. The van der Waals surface area contributed by atoms with Gasteiger partial charge in [-0.3, -0.25) is 0 Å². The Morgan fingerprint density at radius 2 is 2.11 bits per heavy atom. The van der Waals surface area contributed by atoms with Crippen molar-refractivity contribution < 1.29 is 4.42 Å². The minimum atomic E-state index is 0.377. The maximum absolute atomic E-state index is 5.84. The van der Waals surface area contributed by atoms with Gasteiger partial charge in [0.05, 0.1) is 0 Å². The largest absolute Gasteiger partial charge is 0.423 e. The number of hydrogen-bond acceptors (Lipinski definition) is 4. The average molecular weight is 261 g/mol. The number of fused-ring (bicyclic) bond motifs is 1. The van der Waals surface area contributed by atoms with E-state index in [0.29, 0.717) is 12.1 Å². The molecule has 0 atom stereocenters. The molecule has 0 amide bonds. The summed E-state index contributed by atoms with van der Waals surface area (Å²) in [5, 5.41) is 0. The number of nitrogens with zero attached hydrogens (tertiary/aromatic N) is 2. The van der Waals surface area contributed by atoms with E-state index < -0.39 is 0 Å². The van der Waals surface area contributed by atoms with Gasteiger partial charge in [0.15, 0.2) is 5.58 Å². The predicted octanol–water partition coefficient (Wildman–Crippen LogP) is 3.82. The third-order valence-electron chi connectivity index (χ3n) is 3.27. The fourth-order valence-corrected chi connectivity index (χ4v) is 2.16. The van der Waals surface area contributed by atoms with Crippen molar-refractivity contribution in [2.24, 2.45) is 0 Å². The Morgan fingerprint density at radius 3 is 2.79 bits per heavy atom. The van der Waals surface area contributed by atoms with E-state index in [9.17, 15) is 0 Å². The molecule has 0 aliphatic heterocycles. The minimum absolute atomic E-state index is 0.377. The molecule has 2 aromatic rings. The summed E-state index contributed by atoms with van der Waals surface area (Å²) >= 11 is 0. The standard InChI is InChI=1S/C15H23N3O/c1-4-5-6-9-18(11(2)3)15-17-13-10-12(16)7-8-14(13)19-15/h7-8,10-11H,4-6,9,16H2,1-3H3. The van der Waals surface area contributed by atoms with E-state index in [1.165, 1.54) is 12.8 Å². The van der Waals surface area contributed by atoms with Crippen molar-refractivity contribution in [3.8, 4) is 0 Å². The zero-order chi connectivity index (χ0) is 13.8. The third kappa shape index (κ3) is 3.19. The number of hydrogen-bond donors (Lipinski definition) is 1. The molecule has 1 aromatic carbocycles. The zero-order valence-electron chi connectivity index (χ0n) is 12.0. The van der Waals surface area contributed by atoms with E-state index in [1.807, 2.05) is 18.2 Å². The normalized spacial score (nSPS) is 11.4. The van der Waals surface area contributed by atoms with Crippen molar-refractivity contribution in [2.75, 3.05) is 17.2 Å². The molecule has 0 radical (unpaired) electrons. The van der Waals surface area contributed by atoms with Crippen LogP contribution >= 0.6 is 0 Å². The summed E-state index contributed by atoms with van der Waals surface area (Å²) in [5.74, 6) is 0. The number of anilines is 2. The number of nitrogens with two attached hydrogens (primary N) is 1. The van der Waals surface area contributed by atoms with Crippen molar-refractivity contribution in [3.63, 3.8) is 0 Å². The zero-order valence-corrected chi connectivity index (χ0v) is 12.0. The van der Waals surface area contributed by atoms with Crippen LogP contribution in [0.5, 0.6) is 0 Å². The summed E-state index contributed by atoms with van der Waals surface area (Å²) in [4.78, 5) is 6.77. The molecule has 0 bridgehead atoms. The maximum Gasteiger partial charge on any atom is 0.298 e. The maximum atomic E-state index is 5.84. The molecule has 0 unspecified atom stereocenters. The molecule has 0 saturated carbocycles. The molecule has 1 heterocycles. The highest BCUT2D eigenvalue weighted by Gasteiger charge is 2.16. The van der Waals surface area contributed by atoms with E-state index in [1.54, 1.807) is 0 Å². The van der Waals surface area contributed by atoms with Crippen LogP contribution < -0.4 is 10.6 Å². The number of nitrogen functional groups attached to an aromatic ring is 1. The molecular weight excluding hydrogens is 238 g/mol. The number of rotatable bonds is 6. The topological polar surface area (TPSA) is 55.3 Å². The van der Waals surface area contributed by atoms with E-state index >= 15 is 0 Å². The molecule has 2 N–H and O–H groups in total. The summed E-state index contributed by atoms with van der Waals surface area (Å²) < 4.78 is 5.84. The van der Waals surface area contributed by atoms with Gasteiger partial charge in [-0.1, -0.05) is 19.8 Å². The van der Waals surface area contributed by atoms with Gasteiger partial charge in [0.25, 0.3) is 6.01 Å². The Balaban J connectivity index is 2.23. The molecule has 2 rings (SSSR count). The minimum Gasteiger partial charge on any atom is -0.423 e. The van der Waals surface area contributed by atoms with Gasteiger partial charge in [-0.25, -0.2) is 0 Å². The number of oxazole rings is 1. The number of benzene rings is 1. The molecule has 0 aliphatic rings. The Kier molecular flexibility index (Phi) is 4.30. The molecule has 104 valence electrons. The number of aromatic nitrogens is 1. The SMILES string of the molecule is CCCCCN(c1nc2cc(N)ccc2o1)C(C)C. The van der Waals surface area contributed by atoms with Crippen molar-refractivity contribution >= 4 is 22.8 Å². The van der Waals surface area contributed by atoms with Crippen LogP contribution in [0, 0.1) is 0 Å². The van der Waals surface area contributed by atoms with Gasteiger partial charge in [-0.05, 0) is 38.5 Å². The van der Waals surface area contributed by atoms with Crippen molar-refractivity contribution in [2.45, 2.75) is 46.1 Å². The molecule has 4 heteroatoms. The quantitative estimate of drug-likeness (QED) is 0.634. The van der Waals surface area contributed by atoms with Crippen LogP contribution in [-0.2, 0) is 0 Å². The smallest absolute Gasteiger partial charge is 0.298 e. The van der Waals surface area contributed by atoms with Gasteiger partial charge in [0, 0.05) is 18.3 Å². The van der Waals surface area contributed by atoms with Crippen LogP contribution in [-0.4, -0.2) is 17.6 Å². The molecule has 4 nitrogen and oxygen atoms in total. The molecule has 0 saturated heterocycles. The molecule has 1 aromatic heterocycles. The molecule has 0 fully saturated rings. The van der Waals surface area contributed by atoms with Gasteiger partial charge >= 0.3 is 0 Å². The third-order valence-corrected chi connectivity index (χ3v) is 3.27. The Labute approximate surface area is 114 Å². The first-order valence-electron chi connectivity index (χ1n) is 7.04. The highest BCUT2D eigenvalue weighted by atomic mass is 16.4. The van der Waals surface area contributed by atoms with Gasteiger partial charge < -0.3 is 15.1 Å². The Hall–Kier alpha value is -1.71. The summed E-state index contributed by atoms with van der Waals surface area (Å²) in [6, 6.07) is 6.65. The highest BCUT2D eigenvalue weighted by molar-refractivity contribution is 5.78. The van der Waals surface area contributed by atoms with Crippen LogP contribution in [0.15, 0.2) is 22.6 Å². The summed E-state index contributed by atoms with van der Waals surface area (Å²) in [6.45, 7) is 7.51. The van der Waals surface area contributed by atoms with E-state index in [2.05, 4.69) is 30.7 Å². The van der Waals surface area contributed by atoms with E-state index in [0.717, 1.165) is 29.8 Å². The van der Waals surface area contributed by atoms with E-state index in [-0.39, 0.29) is 0 Å². The molecule has 0 spiro atoms. The Bertz CT molecular complexity index is 533. The second kappa shape index (κ2) is 5.95. The fourth-order valence-electron chi connectivity index (χ4n) is 2.16. The average Bonchev–Trinajstić information content (AvgIpc) is 2.76. The lowest BCUT2D eigenvalue weighted by Crippen LogP contribution is -2.31. The van der Waals surface area contributed by atoms with Gasteiger partial charge in [0.1, 0.15) is 5.52 Å². The fraction of sp³-hybridized carbons (Fsp3) is 0.533. The van der Waals surface area contributed by atoms with Gasteiger partial charge in [-0.15, -0.1) is 0 Å². The van der Waals surface area contributed by atoms with Crippen LogP contribution in [0.1, 0.15) is 40.0 Å². The monoisotopic (exact) mass is 261 g/mol. The van der Waals surface area contributed by atoms with Crippen LogP contribution in [0.3, 0.4) is 0 Å². The molecule has 19 heavy (non-hydrogen) atoms. The van der Waals surface area contributed by atoms with Crippen molar-refractivity contribution in [1.29, 1.82) is 0 Å². The lowest BCUT2D eigenvalue weighted by molar-refractivity contribution is 0.525. The van der Waals surface area contributed by atoms with Gasteiger partial charge in [-0.2, -0.15) is 4.98 Å². The second-order valence-electron chi connectivity index (χ2n) is 5.22. The first-order valence-corrected chi connectivity index (χ1v) is 7.04. The van der Waals surface area contributed by atoms with E-state index in [4.69, 9.17) is 10.2 Å². The molecular formula is C15H23N3O. The first-order chi connectivity index (χ1) is 9.11. The lowest BCUT2D eigenvalue weighted by atomic mass is 10.2. The first kappa shape index (κ1) is 13.7. The Morgan fingerprint density at radius 1 is 1.32 bits per heavy atom. The van der Waals surface area contributed by atoms with Crippen LogP contribution in [0.25, 0.3) is 11.1 Å². The number of unbranched alkanes of at least 4 members (excludes halogenated alkanes) is 2. The van der Waals surface area contributed by atoms with Crippen molar-refractivity contribution in [1.82, 2.24) is 4.98 Å². The van der Waals surface area contributed by atoms with Crippen LogP contribution in [0.2, 0.25) is 0 Å².